The van der Waals surface area contributed by atoms with Gasteiger partial charge in [-0.2, -0.15) is 0 Å². The monoisotopic (exact) mass is 546 g/mol. The molecular formula is C21H35IN6O3. The van der Waals surface area contributed by atoms with Gasteiger partial charge in [0, 0.05) is 44.5 Å². The van der Waals surface area contributed by atoms with Gasteiger partial charge in [0.05, 0.1) is 25.8 Å². The van der Waals surface area contributed by atoms with Gasteiger partial charge in [0.2, 0.25) is 0 Å². The molecule has 2 N–H and O–H groups in total. The second-order valence-corrected chi connectivity index (χ2v) is 8.51. The molecule has 0 saturated carbocycles. The Morgan fingerprint density at radius 1 is 1.32 bits per heavy atom. The van der Waals surface area contributed by atoms with E-state index in [9.17, 15) is 4.79 Å². The van der Waals surface area contributed by atoms with E-state index in [1.54, 1.807) is 4.90 Å². The molecule has 10 heteroatoms. The van der Waals surface area contributed by atoms with Crippen LogP contribution in [0.4, 0.5) is 10.6 Å². The van der Waals surface area contributed by atoms with Crippen LogP contribution in [-0.4, -0.2) is 79.5 Å². The van der Waals surface area contributed by atoms with E-state index in [1.165, 1.54) is 0 Å². The number of pyridine rings is 1. The number of carbonyl (C=O) groups excluding carboxylic acids is 1. The first-order chi connectivity index (χ1) is 14.4. The van der Waals surface area contributed by atoms with E-state index in [-0.39, 0.29) is 36.1 Å². The SMILES string of the molecule is CCNC(=NCc1cccnc1N1CCOCC1)NC1CN(C(=O)OC(C)(C)C)C1.I. The third-order valence-corrected chi connectivity index (χ3v) is 4.80. The molecule has 0 unspecified atom stereocenters. The minimum atomic E-state index is -0.478. The minimum absolute atomic E-state index is 0. The number of guanidine groups is 1. The molecule has 31 heavy (non-hydrogen) atoms. The van der Waals surface area contributed by atoms with Gasteiger partial charge in [-0.3, -0.25) is 0 Å². The average molecular weight is 546 g/mol. The number of nitrogens with zero attached hydrogens (tertiary/aromatic N) is 4. The van der Waals surface area contributed by atoms with Crippen molar-refractivity contribution in [3.63, 3.8) is 0 Å². The first kappa shape index (κ1) is 25.4. The quantitative estimate of drug-likeness (QED) is 0.333. The van der Waals surface area contributed by atoms with Crippen LogP contribution in [0.25, 0.3) is 0 Å². The molecule has 9 nitrogen and oxygen atoms in total. The summed E-state index contributed by atoms with van der Waals surface area (Å²) in [4.78, 5) is 25.4. The Hall–Kier alpha value is -1.82. The topological polar surface area (TPSA) is 91.3 Å². The molecule has 3 rings (SSSR count). The largest absolute Gasteiger partial charge is 0.444 e. The van der Waals surface area contributed by atoms with E-state index in [0.29, 0.717) is 19.6 Å². The van der Waals surface area contributed by atoms with Crippen LogP contribution in [0.5, 0.6) is 0 Å². The van der Waals surface area contributed by atoms with Gasteiger partial charge < -0.3 is 29.9 Å². The standard InChI is InChI=1S/C21H34N6O3.HI/c1-5-22-19(25-17-14-27(15-17)20(28)30-21(2,3)4)24-13-16-7-6-8-23-18(16)26-9-11-29-12-10-26;/h6-8,17H,5,9-15H2,1-4H3,(H2,22,24,25);1H. The Morgan fingerprint density at radius 3 is 2.68 bits per heavy atom. The second kappa shape index (κ2) is 11.7. The van der Waals surface area contributed by atoms with Crippen molar-refractivity contribution in [3.05, 3.63) is 23.9 Å². The lowest BCUT2D eigenvalue weighted by Gasteiger charge is -2.40. The molecule has 1 amide bonds. The van der Waals surface area contributed by atoms with Gasteiger partial charge in [0.25, 0.3) is 0 Å². The molecule has 174 valence electrons. The third kappa shape index (κ3) is 7.67. The normalized spacial score (nSPS) is 17.5. The Morgan fingerprint density at radius 2 is 2.03 bits per heavy atom. The van der Waals surface area contributed by atoms with Gasteiger partial charge in [-0.25, -0.2) is 14.8 Å². The molecule has 0 aliphatic carbocycles. The van der Waals surface area contributed by atoms with Crippen molar-refractivity contribution < 1.29 is 14.3 Å². The average Bonchev–Trinajstić information content (AvgIpc) is 2.68. The van der Waals surface area contributed by atoms with E-state index in [0.717, 1.165) is 50.2 Å². The summed E-state index contributed by atoms with van der Waals surface area (Å²) in [5.41, 5.74) is 0.606. The van der Waals surface area contributed by atoms with Crippen molar-refractivity contribution in [3.8, 4) is 0 Å². The summed E-state index contributed by atoms with van der Waals surface area (Å²) in [7, 11) is 0. The zero-order valence-corrected chi connectivity index (χ0v) is 21.2. The van der Waals surface area contributed by atoms with Gasteiger partial charge in [-0.1, -0.05) is 6.07 Å². The van der Waals surface area contributed by atoms with Crippen LogP contribution in [0.2, 0.25) is 0 Å². The lowest BCUT2D eigenvalue weighted by molar-refractivity contribution is 0.00700. The number of morpholine rings is 1. The number of ether oxygens (including phenoxy) is 2. The van der Waals surface area contributed by atoms with E-state index >= 15 is 0 Å². The van der Waals surface area contributed by atoms with Gasteiger partial charge in [-0.05, 0) is 33.8 Å². The predicted molar refractivity (Wildman–Crippen MR) is 132 cm³/mol. The van der Waals surface area contributed by atoms with Crippen LogP contribution in [0.1, 0.15) is 33.3 Å². The number of halogens is 1. The fourth-order valence-electron chi connectivity index (χ4n) is 3.34. The number of rotatable bonds is 5. The molecule has 0 atom stereocenters. The number of likely N-dealkylation sites (tertiary alicyclic amines) is 1. The minimum Gasteiger partial charge on any atom is -0.444 e. The lowest BCUT2D eigenvalue weighted by Crippen LogP contribution is -2.63. The number of anilines is 1. The van der Waals surface area contributed by atoms with Gasteiger partial charge in [0.15, 0.2) is 5.96 Å². The Bertz CT molecular complexity index is 743. The zero-order chi connectivity index (χ0) is 21.6. The summed E-state index contributed by atoms with van der Waals surface area (Å²) >= 11 is 0. The summed E-state index contributed by atoms with van der Waals surface area (Å²) in [5, 5.41) is 6.69. The van der Waals surface area contributed by atoms with E-state index in [4.69, 9.17) is 14.5 Å². The molecule has 1 aromatic rings. The lowest BCUT2D eigenvalue weighted by atomic mass is 10.1. The van der Waals surface area contributed by atoms with E-state index < -0.39 is 5.60 Å². The van der Waals surface area contributed by atoms with Crippen molar-refractivity contribution in [2.45, 2.75) is 45.9 Å². The molecule has 0 spiro atoms. The highest BCUT2D eigenvalue weighted by Crippen LogP contribution is 2.19. The molecule has 0 bridgehead atoms. The van der Waals surface area contributed by atoms with Crippen molar-refractivity contribution in [2.24, 2.45) is 4.99 Å². The summed E-state index contributed by atoms with van der Waals surface area (Å²) in [5.74, 6) is 1.71. The van der Waals surface area contributed by atoms with Crippen LogP contribution in [0.3, 0.4) is 0 Å². The van der Waals surface area contributed by atoms with Gasteiger partial charge in [-0.15, -0.1) is 24.0 Å². The fraction of sp³-hybridized carbons (Fsp3) is 0.667. The van der Waals surface area contributed by atoms with E-state index in [2.05, 4.69) is 26.6 Å². The Labute approximate surface area is 202 Å². The van der Waals surface area contributed by atoms with Crippen LogP contribution in [-0.2, 0) is 16.0 Å². The maximum atomic E-state index is 12.1. The molecule has 0 radical (unpaired) electrons. The number of hydrogen-bond acceptors (Lipinski definition) is 6. The van der Waals surface area contributed by atoms with Gasteiger partial charge in [0.1, 0.15) is 11.4 Å². The number of hydrogen-bond donors (Lipinski definition) is 2. The fourth-order valence-corrected chi connectivity index (χ4v) is 3.34. The maximum absolute atomic E-state index is 12.1. The summed E-state index contributed by atoms with van der Waals surface area (Å²) < 4.78 is 10.9. The molecule has 2 fully saturated rings. The number of aromatic nitrogens is 1. The highest BCUT2D eigenvalue weighted by atomic mass is 127. The van der Waals surface area contributed by atoms with Crippen molar-refractivity contribution >= 4 is 41.8 Å². The number of nitrogens with one attached hydrogen (secondary N) is 2. The molecule has 3 heterocycles. The molecule has 2 aliphatic rings. The van der Waals surface area contributed by atoms with Crippen LogP contribution >= 0.6 is 24.0 Å². The third-order valence-electron chi connectivity index (χ3n) is 4.80. The maximum Gasteiger partial charge on any atom is 0.410 e. The number of amides is 1. The first-order valence-electron chi connectivity index (χ1n) is 10.6. The zero-order valence-electron chi connectivity index (χ0n) is 18.9. The molecule has 0 aromatic carbocycles. The predicted octanol–water partition coefficient (Wildman–Crippen LogP) is 2.21. The number of carbonyl (C=O) groups is 1. The summed E-state index contributed by atoms with van der Waals surface area (Å²) in [6, 6.07) is 4.17. The van der Waals surface area contributed by atoms with Crippen molar-refractivity contribution in [1.29, 1.82) is 0 Å². The van der Waals surface area contributed by atoms with Crippen LogP contribution < -0.4 is 15.5 Å². The van der Waals surface area contributed by atoms with Crippen molar-refractivity contribution in [2.75, 3.05) is 50.8 Å². The van der Waals surface area contributed by atoms with Crippen LogP contribution in [0.15, 0.2) is 23.3 Å². The number of aliphatic imine (C=N–C) groups is 1. The molecule has 2 saturated heterocycles. The molecule has 1 aromatic heterocycles. The van der Waals surface area contributed by atoms with Crippen LogP contribution in [0, 0.1) is 0 Å². The Balaban J connectivity index is 0.00000341. The van der Waals surface area contributed by atoms with Gasteiger partial charge >= 0.3 is 6.09 Å². The molecule has 2 aliphatic heterocycles. The Kier molecular flexibility index (Phi) is 9.60. The van der Waals surface area contributed by atoms with E-state index in [1.807, 2.05) is 40.0 Å². The first-order valence-corrected chi connectivity index (χ1v) is 10.6. The molecular weight excluding hydrogens is 511 g/mol. The summed E-state index contributed by atoms with van der Waals surface area (Å²) in [6.07, 6.45) is 1.55. The second-order valence-electron chi connectivity index (χ2n) is 8.51. The summed E-state index contributed by atoms with van der Waals surface area (Å²) in [6.45, 7) is 13.3. The van der Waals surface area contributed by atoms with Crippen molar-refractivity contribution in [1.82, 2.24) is 20.5 Å². The highest BCUT2D eigenvalue weighted by molar-refractivity contribution is 14.0. The highest BCUT2D eigenvalue weighted by Gasteiger charge is 2.34. The smallest absolute Gasteiger partial charge is 0.410 e.